The number of alkyl halides is 2. The van der Waals surface area contributed by atoms with Gasteiger partial charge >= 0.3 is 0 Å². The Morgan fingerprint density at radius 2 is 1.92 bits per heavy atom. The van der Waals surface area contributed by atoms with Gasteiger partial charge in [-0.2, -0.15) is 0 Å². The highest BCUT2D eigenvalue weighted by Gasteiger charge is 2.38. The van der Waals surface area contributed by atoms with Gasteiger partial charge in [0.15, 0.2) is 6.39 Å². The second-order valence-corrected chi connectivity index (χ2v) is 14.5. The van der Waals surface area contributed by atoms with Crippen molar-refractivity contribution in [1.82, 2.24) is 24.7 Å². The van der Waals surface area contributed by atoms with Crippen LogP contribution < -0.4 is 5.73 Å². The molecule has 1 aliphatic heterocycles. The van der Waals surface area contributed by atoms with Crippen LogP contribution in [0.15, 0.2) is 65.7 Å². The minimum atomic E-state index is -2.63. The maximum Gasteiger partial charge on any atom is 0.248 e. The number of benzene rings is 1. The van der Waals surface area contributed by atoms with E-state index in [0.717, 1.165) is 95.7 Å². The average Bonchev–Trinajstić information content (AvgIpc) is 3.64. The van der Waals surface area contributed by atoms with Crippen molar-refractivity contribution in [2.45, 2.75) is 101 Å². The lowest BCUT2D eigenvalue weighted by Crippen LogP contribution is -2.57. The van der Waals surface area contributed by atoms with Crippen molar-refractivity contribution in [3.05, 3.63) is 83.8 Å². The first-order chi connectivity index (χ1) is 23.9. The molecule has 6 rings (SSSR count). The molecular weight excluding hydrogens is 622 g/mol. The van der Waals surface area contributed by atoms with E-state index in [4.69, 9.17) is 15.1 Å². The molecule has 2 fully saturated rings. The Bertz CT molecular complexity index is 1430. The molecule has 1 aromatic carbocycles. The predicted octanol–water partition coefficient (Wildman–Crippen LogP) is 6.63. The third-order valence-corrected chi connectivity index (χ3v) is 11.2. The molecule has 0 radical (unpaired) electrons. The molecule has 10 heteroatoms. The number of fused-ring (bicyclic) bond motifs is 1. The molecule has 2 N–H and O–H groups in total. The fraction of sp³-hybridized carbons (Fsp3) is 0.615. The first-order valence-corrected chi connectivity index (χ1v) is 18.6. The number of ketones is 1. The maximum absolute atomic E-state index is 13.8. The Morgan fingerprint density at radius 3 is 2.69 bits per heavy atom. The van der Waals surface area contributed by atoms with E-state index in [2.05, 4.69) is 43.9 Å². The second-order valence-electron chi connectivity index (χ2n) is 14.5. The van der Waals surface area contributed by atoms with Gasteiger partial charge in [-0.3, -0.25) is 19.6 Å². The summed E-state index contributed by atoms with van der Waals surface area (Å²) in [5.74, 6) is -1.79. The van der Waals surface area contributed by atoms with Gasteiger partial charge in [0.2, 0.25) is 5.92 Å². The number of unbranched alkanes of at least 4 members (excludes halogenated alkanes) is 1. The summed E-state index contributed by atoms with van der Waals surface area (Å²) in [5, 5.41) is 0. The van der Waals surface area contributed by atoms with Gasteiger partial charge < -0.3 is 15.1 Å². The second kappa shape index (κ2) is 17.2. The largest absolute Gasteiger partial charge is 0.447 e. The number of rotatable bonds is 16. The zero-order valence-corrected chi connectivity index (χ0v) is 28.9. The highest BCUT2D eigenvalue weighted by Crippen LogP contribution is 2.38. The molecule has 3 atom stereocenters. The van der Waals surface area contributed by atoms with Gasteiger partial charge in [0.25, 0.3) is 0 Å². The number of pyridine rings is 1. The quantitative estimate of drug-likeness (QED) is 0.169. The van der Waals surface area contributed by atoms with E-state index in [0.29, 0.717) is 31.8 Å². The number of carbonyl (C=O) groups excluding carboxylic acids is 1. The molecule has 3 aliphatic rings. The van der Waals surface area contributed by atoms with Crippen molar-refractivity contribution in [3.63, 3.8) is 0 Å². The molecule has 1 saturated heterocycles. The molecular formula is C39H54F2N6O2. The number of aryl methyl sites for hydroxylation is 1. The van der Waals surface area contributed by atoms with Crippen LogP contribution in [0.5, 0.6) is 0 Å². The predicted molar refractivity (Wildman–Crippen MR) is 187 cm³/mol. The highest BCUT2D eigenvalue weighted by molar-refractivity contribution is 5.82. The highest BCUT2D eigenvalue weighted by atomic mass is 19.3. The van der Waals surface area contributed by atoms with Crippen molar-refractivity contribution in [2.24, 2.45) is 11.7 Å². The third-order valence-electron chi connectivity index (χ3n) is 11.2. The lowest BCUT2D eigenvalue weighted by atomic mass is 9.79. The van der Waals surface area contributed by atoms with Crippen LogP contribution in [0, 0.1) is 5.92 Å². The van der Waals surface area contributed by atoms with Crippen molar-refractivity contribution in [2.75, 3.05) is 45.8 Å². The van der Waals surface area contributed by atoms with Gasteiger partial charge in [0.05, 0.1) is 24.5 Å². The number of hydrogen-bond donors (Lipinski definition) is 1. The molecule has 266 valence electrons. The number of nitrogens with zero attached hydrogens (tertiary/aromatic N) is 5. The van der Waals surface area contributed by atoms with E-state index in [1.54, 1.807) is 0 Å². The van der Waals surface area contributed by atoms with E-state index in [9.17, 15) is 13.6 Å². The summed E-state index contributed by atoms with van der Waals surface area (Å²) in [5.41, 5.74) is 9.70. The molecule has 49 heavy (non-hydrogen) atoms. The standard InChI is InChI=1S/C39H54F2N6O2/c40-39(41)16-13-31(14-17-39)37(48)24-33(30-8-2-1-3-9-30)15-21-45-22-23-46(28-35-25-43-29-49-35)34(26-45)27-47(20-5-4-18-42)36-12-6-10-32-11-7-19-44-38(32)36/h1-3,7-9,11,19,25,29,31,33-34,36H,4-6,10,12-18,20-24,26-28,42H2/t33-,34-,36+/m1/s1. The molecule has 0 bridgehead atoms. The monoisotopic (exact) mass is 676 g/mol. The molecule has 3 aromatic rings. The number of hydrogen-bond acceptors (Lipinski definition) is 8. The first kappa shape index (κ1) is 35.8. The minimum Gasteiger partial charge on any atom is -0.447 e. The number of halogens is 2. The van der Waals surface area contributed by atoms with Crippen LogP contribution in [0.2, 0.25) is 0 Å². The van der Waals surface area contributed by atoms with Gasteiger partial charge in [-0.05, 0) is 94.1 Å². The number of Topliss-reactive ketones (excluding diaryl/α,β-unsaturated/α-hetero) is 1. The Kier molecular flexibility index (Phi) is 12.6. The van der Waals surface area contributed by atoms with Crippen LogP contribution in [0.1, 0.15) is 98.7 Å². The van der Waals surface area contributed by atoms with Crippen molar-refractivity contribution in [1.29, 1.82) is 0 Å². The molecule has 0 unspecified atom stereocenters. The van der Waals surface area contributed by atoms with Crippen LogP contribution >= 0.6 is 0 Å². The third kappa shape index (κ3) is 9.81. The number of aromatic nitrogens is 2. The van der Waals surface area contributed by atoms with Gasteiger partial charge in [-0.1, -0.05) is 36.4 Å². The maximum atomic E-state index is 13.8. The van der Waals surface area contributed by atoms with Gasteiger partial charge in [0, 0.05) is 63.6 Å². The summed E-state index contributed by atoms with van der Waals surface area (Å²) in [6.07, 6.45) is 12.2. The molecule has 0 amide bonds. The fourth-order valence-electron chi connectivity index (χ4n) is 8.33. The van der Waals surface area contributed by atoms with Crippen LogP contribution in [-0.2, 0) is 17.8 Å². The van der Waals surface area contributed by atoms with E-state index in [1.165, 1.54) is 17.7 Å². The number of oxazole rings is 1. The lowest BCUT2D eigenvalue weighted by Gasteiger charge is -2.45. The van der Waals surface area contributed by atoms with E-state index in [-0.39, 0.29) is 36.5 Å². The van der Waals surface area contributed by atoms with E-state index >= 15 is 0 Å². The van der Waals surface area contributed by atoms with Crippen LogP contribution in [0.4, 0.5) is 8.78 Å². The molecule has 8 nitrogen and oxygen atoms in total. The summed E-state index contributed by atoms with van der Waals surface area (Å²) < 4.78 is 33.4. The Balaban J connectivity index is 1.16. The van der Waals surface area contributed by atoms with Gasteiger partial charge in [-0.25, -0.2) is 13.8 Å². The number of carbonyl (C=O) groups is 1. The molecule has 3 heterocycles. The summed E-state index contributed by atoms with van der Waals surface area (Å²) in [6, 6.07) is 15.1. The zero-order valence-electron chi connectivity index (χ0n) is 28.9. The van der Waals surface area contributed by atoms with Gasteiger partial charge in [0.1, 0.15) is 11.5 Å². The van der Waals surface area contributed by atoms with Crippen molar-refractivity contribution >= 4 is 5.78 Å². The minimum absolute atomic E-state index is 0.0689. The molecule has 2 aliphatic carbocycles. The normalized spacial score (nSPS) is 22.6. The van der Waals surface area contributed by atoms with Gasteiger partial charge in [-0.15, -0.1) is 0 Å². The Morgan fingerprint density at radius 1 is 1.08 bits per heavy atom. The van der Waals surface area contributed by atoms with E-state index < -0.39 is 5.92 Å². The van der Waals surface area contributed by atoms with Crippen LogP contribution in [0.25, 0.3) is 0 Å². The number of piperazine rings is 1. The molecule has 0 spiro atoms. The molecule has 1 saturated carbocycles. The summed E-state index contributed by atoms with van der Waals surface area (Å²) in [6.45, 7) is 6.94. The summed E-state index contributed by atoms with van der Waals surface area (Å²) in [7, 11) is 0. The van der Waals surface area contributed by atoms with Crippen molar-refractivity contribution in [3.8, 4) is 0 Å². The van der Waals surface area contributed by atoms with Crippen molar-refractivity contribution < 1.29 is 18.0 Å². The SMILES string of the molecule is NCCCCN(C[C@H]1CN(CC[C@H](CC(=O)C2CCC(F)(F)CC2)c2ccccc2)CCN1Cc1cnco1)[C@H]1CCCc2cccnc21. The zero-order chi connectivity index (χ0) is 34.1. The topological polar surface area (TPSA) is 91.7 Å². The van der Waals surface area contributed by atoms with Crippen LogP contribution in [-0.4, -0.2) is 88.2 Å². The molecule has 2 aromatic heterocycles. The summed E-state index contributed by atoms with van der Waals surface area (Å²) >= 11 is 0. The Hall–Kier alpha value is -3.05. The van der Waals surface area contributed by atoms with E-state index in [1.807, 2.05) is 30.6 Å². The van der Waals surface area contributed by atoms with Crippen LogP contribution in [0.3, 0.4) is 0 Å². The lowest BCUT2D eigenvalue weighted by molar-refractivity contribution is -0.127. The average molecular weight is 677 g/mol. The smallest absolute Gasteiger partial charge is 0.248 e. The fourth-order valence-corrected chi connectivity index (χ4v) is 8.33. The Labute approximate surface area is 290 Å². The first-order valence-electron chi connectivity index (χ1n) is 18.6. The number of nitrogens with two attached hydrogens (primary N) is 1. The summed E-state index contributed by atoms with van der Waals surface area (Å²) in [4.78, 5) is 30.3.